The van der Waals surface area contributed by atoms with Crippen LogP contribution in [0.3, 0.4) is 0 Å². The van der Waals surface area contributed by atoms with Crippen LogP contribution in [0.15, 0.2) is 0 Å². The maximum atomic E-state index is 12.2. The van der Waals surface area contributed by atoms with Crippen molar-refractivity contribution in [3.8, 4) is 0 Å². The molecule has 2 unspecified atom stereocenters. The lowest BCUT2D eigenvalue weighted by Gasteiger charge is -2.26. The van der Waals surface area contributed by atoms with E-state index < -0.39 is 10.0 Å². The van der Waals surface area contributed by atoms with Gasteiger partial charge in [-0.2, -0.15) is 4.31 Å². The lowest BCUT2D eigenvalue weighted by atomic mass is 10.1. The molecule has 1 saturated heterocycles. The van der Waals surface area contributed by atoms with Crippen LogP contribution in [0.25, 0.3) is 0 Å². The van der Waals surface area contributed by atoms with Gasteiger partial charge in [-0.25, -0.2) is 8.42 Å². The zero-order valence-electron chi connectivity index (χ0n) is 11.6. The van der Waals surface area contributed by atoms with Crippen LogP contribution in [0.5, 0.6) is 0 Å². The molecule has 2 fully saturated rings. The molecular formula is C13H26N2O2S. The first-order chi connectivity index (χ1) is 8.49. The molecule has 5 heteroatoms. The van der Waals surface area contributed by atoms with Crippen LogP contribution in [0, 0.1) is 5.92 Å². The van der Waals surface area contributed by atoms with Crippen LogP contribution in [0.2, 0.25) is 0 Å². The van der Waals surface area contributed by atoms with Gasteiger partial charge in [0, 0.05) is 18.6 Å². The minimum atomic E-state index is -2.99. The summed E-state index contributed by atoms with van der Waals surface area (Å²) in [6, 6.07) is 0.810. The van der Waals surface area contributed by atoms with Gasteiger partial charge in [0.15, 0.2) is 0 Å². The highest BCUT2D eigenvalue weighted by Gasteiger charge is 2.43. The minimum absolute atomic E-state index is 0.328. The van der Waals surface area contributed by atoms with E-state index in [2.05, 4.69) is 19.2 Å². The van der Waals surface area contributed by atoms with Crippen molar-refractivity contribution in [1.82, 2.24) is 9.62 Å². The highest BCUT2D eigenvalue weighted by atomic mass is 32.2. The normalized spacial score (nSPS) is 28.4. The Kier molecular flexibility index (Phi) is 4.67. The molecule has 4 nitrogen and oxygen atoms in total. The fraction of sp³-hybridized carbons (Fsp3) is 1.00. The molecule has 1 saturated carbocycles. The van der Waals surface area contributed by atoms with Crippen LogP contribution in [0.4, 0.5) is 0 Å². The number of unbranched alkanes of at least 4 members (excludes halogenated alkanes) is 1. The number of hydrogen-bond donors (Lipinski definition) is 1. The van der Waals surface area contributed by atoms with Gasteiger partial charge in [0.05, 0.1) is 5.75 Å². The molecule has 18 heavy (non-hydrogen) atoms. The molecule has 0 amide bonds. The van der Waals surface area contributed by atoms with E-state index in [1.807, 2.05) is 0 Å². The van der Waals surface area contributed by atoms with Crippen LogP contribution >= 0.6 is 0 Å². The Morgan fingerprint density at radius 3 is 2.61 bits per heavy atom. The molecule has 0 spiro atoms. The smallest absolute Gasteiger partial charge is 0.214 e. The van der Waals surface area contributed by atoms with Crippen LogP contribution < -0.4 is 5.32 Å². The van der Waals surface area contributed by atoms with Gasteiger partial charge in [0.25, 0.3) is 0 Å². The molecular weight excluding hydrogens is 248 g/mol. The lowest BCUT2D eigenvalue weighted by molar-refractivity contribution is 0.333. The Bertz CT molecular complexity index is 367. The van der Waals surface area contributed by atoms with Crippen molar-refractivity contribution < 1.29 is 8.42 Å². The number of nitrogens with one attached hydrogen (secondary N) is 1. The topological polar surface area (TPSA) is 49.4 Å². The average molecular weight is 274 g/mol. The molecule has 1 heterocycles. The van der Waals surface area contributed by atoms with Crippen molar-refractivity contribution in [3.05, 3.63) is 0 Å². The first-order valence-electron chi connectivity index (χ1n) is 7.22. The molecule has 0 radical (unpaired) electrons. The highest BCUT2D eigenvalue weighted by molar-refractivity contribution is 7.89. The van der Waals surface area contributed by atoms with Crippen LogP contribution in [-0.4, -0.2) is 43.6 Å². The number of nitrogens with zero attached hydrogens (tertiary/aromatic N) is 1. The fourth-order valence-corrected chi connectivity index (χ4v) is 5.02. The standard InChI is InChI=1S/C13H26N2O2S/c1-11(2)14-7-3-4-8-18(16,17)15-10-12-5-6-13(15)9-12/h11-14H,3-10H2,1-2H3. The number of hydrogen-bond acceptors (Lipinski definition) is 3. The lowest BCUT2D eigenvalue weighted by Crippen LogP contribution is -2.39. The third-order valence-corrected chi connectivity index (χ3v) is 6.06. The molecule has 1 aliphatic carbocycles. The second-order valence-electron chi connectivity index (χ2n) is 6.03. The Balaban J connectivity index is 1.71. The quantitative estimate of drug-likeness (QED) is 0.717. The van der Waals surface area contributed by atoms with E-state index in [1.165, 1.54) is 6.42 Å². The molecule has 2 bridgehead atoms. The second-order valence-corrected chi connectivity index (χ2v) is 8.08. The maximum absolute atomic E-state index is 12.2. The van der Waals surface area contributed by atoms with E-state index in [0.717, 1.165) is 38.8 Å². The summed E-state index contributed by atoms with van der Waals surface area (Å²) in [5.74, 6) is 0.975. The second kappa shape index (κ2) is 5.88. The average Bonchev–Trinajstić information content (AvgIpc) is 2.89. The summed E-state index contributed by atoms with van der Waals surface area (Å²) in [5.41, 5.74) is 0. The summed E-state index contributed by atoms with van der Waals surface area (Å²) >= 11 is 0. The van der Waals surface area contributed by atoms with E-state index in [4.69, 9.17) is 0 Å². The van der Waals surface area contributed by atoms with Gasteiger partial charge in [-0.05, 0) is 44.6 Å². The SMILES string of the molecule is CC(C)NCCCCS(=O)(=O)N1CC2CCC1C2. The Morgan fingerprint density at radius 1 is 1.28 bits per heavy atom. The number of sulfonamides is 1. The number of piperidine rings is 1. The molecule has 0 aromatic carbocycles. The van der Waals surface area contributed by atoms with E-state index in [-0.39, 0.29) is 0 Å². The van der Waals surface area contributed by atoms with Crippen molar-refractivity contribution in [2.45, 2.75) is 58.0 Å². The van der Waals surface area contributed by atoms with Crippen molar-refractivity contribution in [2.75, 3.05) is 18.8 Å². The Labute approximate surface area is 111 Å². The third-order valence-electron chi connectivity index (χ3n) is 4.10. The zero-order chi connectivity index (χ0) is 13.2. The van der Waals surface area contributed by atoms with Gasteiger partial charge in [-0.15, -0.1) is 0 Å². The van der Waals surface area contributed by atoms with Crippen molar-refractivity contribution in [3.63, 3.8) is 0 Å². The maximum Gasteiger partial charge on any atom is 0.214 e. The number of rotatable bonds is 7. The number of fused-ring (bicyclic) bond motifs is 2. The van der Waals surface area contributed by atoms with Gasteiger partial charge in [0.2, 0.25) is 10.0 Å². The molecule has 1 N–H and O–H groups in total. The third kappa shape index (κ3) is 3.45. The first kappa shape index (κ1) is 14.3. The molecule has 0 aromatic heterocycles. The summed E-state index contributed by atoms with van der Waals surface area (Å²) in [5, 5.41) is 3.32. The summed E-state index contributed by atoms with van der Waals surface area (Å²) < 4.78 is 26.2. The van der Waals surface area contributed by atoms with Gasteiger partial charge >= 0.3 is 0 Å². The van der Waals surface area contributed by atoms with Crippen molar-refractivity contribution in [1.29, 1.82) is 0 Å². The largest absolute Gasteiger partial charge is 0.315 e. The van der Waals surface area contributed by atoms with Gasteiger partial charge in [-0.3, -0.25) is 0 Å². The van der Waals surface area contributed by atoms with E-state index in [1.54, 1.807) is 4.31 Å². The summed E-state index contributed by atoms with van der Waals surface area (Å²) in [4.78, 5) is 0. The van der Waals surface area contributed by atoms with Gasteiger partial charge in [-0.1, -0.05) is 13.8 Å². The Hall–Kier alpha value is -0.130. The van der Waals surface area contributed by atoms with Crippen LogP contribution in [-0.2, 0) is 10.0 Å². The molecule has 2 rings (SSSR count). The Morgan fingerprint density at radius 2 is 2.06 bits per heavy atom. The monoisotopic (exact) mass is 274 g/mol. The summed E-state index contributed by atoms with van der Waals surface area (Å²) in [7, 11) is -2.99. The first-order valence-corrected chi connectivity index (χ1v) is 8.83. The van der Waals surface area contributed by atoms with E-state index in [9.17, 15) is 8.42 Å². The minimum Gasteiger partial charge on any atom is -0.315 e. The van der Waals surface area contributed by atoms with Gasteiger partial charge < -0.3 is 5.32 Å². The summed E-state index contributed by atoms with van der Waals surface area (Å²) in [6.07, 6.45) is 5.14. The zero-order valence-corrected chi connectivity index (χ0v) is 12.4. The van der Waals surface area contributed by atoms with Gasteiger partial charge in [0.1, 0.15) is 0 Å². The van der Waals surface area contributed by atoms with Crippen molar-refractivity contribution >= 4 is 10.0 Å². The molecule has 0 aromatic rings. The molecule has 2 atom stereocenters. The predicted molar refractivity (Wildman–Crippen MR) is 74.0 cm³/mol. The fourth-order valence-electron chi connectivity index (χ4n) is 3.14. The molecule has 106 valence electrons. The predicted octanol–water partition coefficient (Wildman–Crippen LogP) is 1.58. The molecule has 2 aliphatic rings. The van der Waals surface area contributed by atoms with E-state index >= 15 is 0 Å². The highest BCUT2D eigenvalue weighted by Crippen LogP contribution is 2.39. The summed E-state index contributed by atoms with van der Waals surface area (Å²) in [6.45, 7) is 5.92. The van der Waals surface area contributed by atoms with Crippen LogP contribution in [0.1, 0.15) is 46.0 Å². The van der Waals surface area contributed by atoms with Crippen molar-refractivity contribution in [2.24, 2.45) is 5.92 Å². The van der Waals surface area contributed by atoms with E-state index in [0.29, 0.717) is 23.8 Å². The molecule has 1 aliphatic heterocycles.